The molecule has 2 aromatic heterocycles. The summed E-state index contributed by atoms with van der Waals surface area (Å²) in [6, 6.07) is 22.8. The van der Waals surface area contributed by atoms with Crippen molar-refractivity contribution in [3.8, 4) is 5.88 Å². The van der Waals surface area contributed by atoms with Crippen molar-refractivity contribution >= 4 is 0 Å². The molecule has 0 unspecified atom stereocenters. The van der Waals surface area contributed by atoms with E-state index < -0.39 is 11.2 Å². The first-order chi connectivity index (χ1) is 15.7. The minimum Gasteiger partial charge on any atom is -0.468 e. The molecule has 0 aliphatic rings. The fourth-order valence-electron chi connectivity index (χ4n) is 3.17. The maximum atomic E-state index is 12.9. The second-order valence-electron chi connectivity index (χ2n) is 7.20. The lowest BCUT2D eigenvalue weighted by Crippen LogP contribution is -2.43. The number of rotatable bonds is 10. The minimum absolute atomic E-state index is 0.135. The van der Waals surface area contributed by atoms with E-state index in [1.54, 1.807) is 0 Å². The summed E-state index contributed by atoms with van der Waals surface area (Å²) in [5.41, 5.74) is 0.687. The smallest absolute Gasteiger partial charge is 0.349 e. The summed E-state index contributed by atoms with van der Waals surface area (Å²) in [6.45, 7) is 1.07. The van der Waals surface area contributed by atoms with Crippen LogP contribution in [0, 0.1) is 0 Å². The second-order valence-corrected chi connectivity index (χ2v) is 7.20. The van der Waals surface area contributed by atoms with Gasteiger partial charge in [0.05, 0.1) is 13.2 Å². The summed E-state index contributed by atoms with van der Waals surface area (Å²) in [6.07, 6.45) is 3.80. The van der Waals surface area contributed by atoms with Crippen LogP contribution < -0.4 is 16.0 Å². The van der Waals surface area contributed by atoms with Gasteiger partial charge in [0.15, 0.2) is 0 Å². The van der Waals surface area contributed by atoms with E-state index in [4.69, 9.17) is 9.47 Å². The minimum atomic E-state index is -0.615. The van der Waals surface area contributed by atoms with E-state index in [9.17, 15) is 9.59 Å². The van der Waals surface area contributed by atoms with Crippen molar-refractivity contribution < 1.29 is 9.47 Å². The van der Waals surface area contributed by atoms with E-state index in [0.717, 1.165) is 15.7 Å². The van der Waals surface area contributed by atoms with Gasteiger partial charge >= 0.3 is 11.2 Å². The topological polar surface area (TPSA) is 80.3 Å². The van der Waals surface area contributed by atoms with Gasteiger partial charge in [0, 0.05) is 18.9 Å². The van der Waals surface area contributed by atoms with Gasteiger partial charge < -0.3 is 14.0 Å². The van der Waals surface area contributed by atoms with Gasteiger partial charge in [0.1, 0.15) is 13.3 Å². The zero-order valence-corrected chi connectivity index (χ0v) is 17.5. The third kappa shape index (κ3) is 5.41. The van der Waals surface area contributed by atoms with Gasteiger partial charge in [-0.15, -0.1) is 5.10 Å². The van der Waals surface area contributed by atoms with Crippen LogP contribution in [0.15, 0.2) is 94.8 Å². The van der Waals surface area contributed by atoms with Crippen LogP contribution in [-0.4, -0.2) is 18.9 Å². The van der Waals surface area contributed by atoms with Crippen LogP contribution >= 0.6 is 0 Å². The highest BCUT2D eigenvalue weighted by Gasteiger charge is 2.15. The first kappa shape index (κ1) is 21.3. The molecule has 0 amide bonds. The molecule has 2 aromatic carbocycles. The quantitative estimate of drug-likeness (QED) is 0.385. The fraction of sp³-hybridized carbons (Fsp3) is 0.208. The molecule has 0 N–H and O–H groups in total. The molecule has 8 heteroatoms. The van der Waals surface area contributed by atoms with Gasteiger partial charge in [-0.25, -0.2) is 14.0 Å². The fourth-order valence-corrected chi connectivity index (χ4v) is 3.17. The van der Waals surface area contributed by atoms with Gasteiger partial charge in [0.2, 0.25) is 0 Å². The molecule has 2 heterocycles. The molecule has 0 saturated carbocycles. The molecule has 0 fully saturated rings. The molecule has 0 aliphatic carbocycles. The Kier molecular flexibility index (Phi) is 6.94. The standard InChI is InChI=1S/C24H24N4O4/c29-23-22(32-18-21-11-5-2-6-12-21)25-28(16-15-26-13-7-8-14-26)24(30)27(23)19-31-17-20-9-3-1-4-10-20/h1-14H,15-19H2. The molecule has 4 rings (SSSR count). The van der Waals surface area contributed by atoms with Crippen molar-refractivity contribution in [1.82, 2.24) is 18.9 Å². The Hall–Kier alpha value is -3.91. The van der Waals surface area contributed by atoms with Crippen molar-refractivity contribution in [2.24, 2.45) is 0 Å². The van der Waals surface area contributed by atoms with Crippen molar-refractivity contribution in [3.05, 3.63) is 117 Å². The first-order valence-electron chi connectivity index (χ1n) is 10.3. The Balaban J connectivity index is 1.56. The van der Waals surface area contributed by atoms with Crippen LogP contribution in [-0.2, 0) is 37.8 Å². The Labute approximate surface area is 184 Å². The third-order valence-electron chi connectivity index (χ3n) is 4.88. The number of ether oxygens (including phenoxy) is 2. The SMILES string of the molecule is O=c1c(OCc2ccccc2)nn(CCn2cccc2)c(=O)n1COCc1ccccc1. The molecular formula is C24H24N4O4. The van der Waals surface area contributed by atoms with Gasteiger partial charge in [-0.05, 0) is 23.3 Å². The van der Waals surface area contributed by atoms with Gasteiger partial charge in [-0.3, -0.25) is 4.79 Å². The molecule has 8 nitrogen and oxygen atoms in total. The van der Waals surface area contributed by atoms with Crippen LogP contribution in [0.25, 0.3) is 0 Å². The molecule has 0 atom stereocenters. The summed E-state index contributed by atoms with van der Waals surface area (Å²) < 4.78 is 15.5. The molecule has 0 radical (unpaired) electrons. The summed E-state index contributed by atoms with van der Waals surface area (Å²) in [4.78, 5) is 25.9. The van der Waals surface area contributed by atoms with Crippen molar-refractivity contribution in [3.63, 3.8) is 0 Å². The van der Waals surface area contributed by atoms with E-state index in [1.807, 2.05) is 89.8 Å². The summed E-state index contributed by atoms with van der Waals surface area (Å²) in [5.74, 6) is -0.135. The normalized spacial score (nSPS) is 10.9. The number of benzene rings is 2. The molecule has 4 aromatic rings. The van der Waals surface area contributed by atoms with E-state index in [0.29, 0.717) is 6.54 Å². The van der Waals surface area contributed by atoms with Crippen molar-refractivity contribution in [1.29, 1.82) is 0 Å². The largest absolute Gasteiger partial charge is 0.468 e. The predicted octanol–water partition coefficient (Wildman–Crippen LogP) is 2.66. The van der Waals surface area contributed by atoms with Gasteiger partial charge in [-0.2, -0.15) is 0 Å². The molecule has 0 saturated heterocycles. The summed E-state index contributed by atoms with van der Waals surface area (Å²) in [5, 5.41) is 4.19. The maximum absolute atomic E-state index is 12.9. The molecule has 0 spiro atoms. The monoisotopic (exact) mass is 432 g/mol. The zero-order valence-electron chi connectivity index (χ0n) is 17.5. The molecule has 0 aliphatic heterocycles. The van der Waals surface area contributed by atoms with Crippen LogP contribution in [0.4, 0.5) is 0 Å². The highest BCUT2D eigenvalue weighted by molar-refractivity contribution is 5.15. The highest BCUT2D eigenvalue weighted by Crippen LogP contribution is 2.05. The average molecular weight is 432 g/mol. The first-order valence-corrected chi connectivity index (χ1v) is 10.3. The third-order valence-corrected chi connectivity index (χ3v) is 4.88. The van der Waals surface area contributed by atoms with Crippen LogP contribution in [0.3, 0.4) is 0 Å². The van der Waals surface area contributed by atoms with E-state index in [1.165, 1.54) is 4.68 Å². The lowest BCUT2D eigenvalue weighted by molar-refractivity contribution is 0.0555. The van der Waals surface area contributed by atoms with E-state index in [2.05, 4.69) is 5.10 Å². The zero-order chi connectivity index (χ0) is 22.2. The van der Waals surface area contributed by atoms with Gasteiger partial charge in [0.25, 0.3) is 5.88 Å². The van der Waals surface area contributed by atoms with Crippen LogP contribution in [0.5, 0.6) is 5.88 Å². The molecule has 32 heavy (non-hydrogen) atoms. The van der Waals surface area contributed by atoms with E-state index >= 15 is 0 Å². The lowest BCUT2D eigenvalue weighted by Gasteiger charge is -2.13. The Morgan fingerprint density at radius 2 is 1.38 bits per heavy atom. The Morgan fingerprint density at radius 1 is 0.750 bits per heavy atom. The second kappa shape index (κ2) is 10.4. The van der Waals surface area contributed by atoms with Crippen LogP contribution in [0.2, 0.25) is 0 Å². The average Bonchev–Trinajstić information content (AvgIpc) is 3.35. The molecule has 164 valence electrons. The number of hydrogen-bond donors (Lipinski definition) is 0. The van der Waals surface area contributed by atoms with Crippen LogP contribution in [0.1, 0.15) is 11.1 Å². The Bertz CT molecular complexity index is 1230. The Morgan fingerprint density at radius 3 is 2.03 bits per heavy atom. The maximum Gasteiger partial charge on any atom is 0.349 e. The van der Waals surface area contributed by atoms with Gasteiger partial charge in [-0.1, -0.05) is 60.7 Å². The number of aromatic nitrogens is 4. The summed E-state index contributed by atoms with van der Waals surface area (Å²) >= 11 is 0. The molecular weight excluding hydrogens is 408 g/mol. The van der Waals surface area contributed by atoms with Crippen molar-refractivity contribution in [2.75, 3.05) is 0 Å². The number of aryl methyl sites for hydroxylation is 2. The summed E-state index contributed by atoms with van der Waals surface area (Å²) in [7, 11) is 0. The highest BCUT2D eigenvalue weighted by atomic mass is 16.5. The van der Waals surface area contributed by atoms with E-state index in [-0.39, 0.29) is 32.4 Å². The number of hydrogen-bond acceptors (Lipinski definition) is 5. The predicted molar refractivity (Wildman–Crippen MR) is 119 cm³/mol. The number of nitrogens with zero attached hydrogens (tertiary/aromatic N) is 4. The van der Waals surface area contributed by atoms with Crippen molar-refractivity contribution in [2.45, 2.75) is 33.0 Å². The molecule has 0 bridgehead atoms. The lowest BCUT2D eigenvalue weighted by atomic mass is 10.2.